The maximum atomic E-state index is 12.5. The van der Waals surface area contributed by atoms with E-state index in [0.29, 0.717) is 6.42 Å². The Kier molecular flexibility index (Phi) is 3.97. The summed E-state index contributed by atoms with van der Waals surface area (Å²) in [7, 11) is 0. The Bertz CT molecular complexity index is 514. The number of carboxylic acids is 1. The fraction of sp³-hybridized carbons (Fsp3) is 0.538. The zero-order valence-corrected chi connectivity index (χ0v) is 11.3. The van der Waals surface area contributed by atoms with Gasteiger partial charge in [0.05, 0.1) is 24.9 Å². The number of carbonyl (C=O) groups excluding carboxylic acids is 3. The lowest BCUT2D eigenvalue weighted by atomic mass is 9.82. The van der Waals surface area contributed by atoms with Crippen molar-refractivity contribution >= 4 is 23.7 Å². The molecule has 0 aromatic carbocycles. The molecule has 2 unspecified atom stereocenters. The predicted molar refractivity (Wildman–Crippen MR) is 70.3 cm³/mol. The molecule has 0 aromatic heterocycles. The minimum atomic E-state index is -1.05. The number of carboxylic acid groups (broad SMARTS) is 1. The molecule has 4 atom stereocenters. The highest BCUT2D eigenvalue weighted by molar-refractivity contribution is 5.92. The second-order valence-electron chi connectivity index (χ2n) is 5.47. The molecule has 0 aromatic rings. The van der Waals surface area contributed by atoms with Crippen LogP contribution in [0.3, 0.4) is 0 Å². The van der Waals surface area contributed by atoms with Gasteiger partial charge in [0, 0.05) is 0 Å². The van der Waals surface area contributed by atoms with Crippen LogP contribution in [0.15, 0.2) is 12.2 Å². The minimum absolute atomic E-state index is 0.188. The standard InChI is InChI=1S/C13H17N3O5/c14-8(17)4-16(5-9(15)18)12(19)10-6-1-2-7(3-6)11(10)13(20)21/h1-2,6-7,10-11H,3-5H2,(H2,14,17)(H2,15,18)(H,20,21)/t6?,7?,10-,11+/m0/s1. The molecule has 2 bridgehead atoms. The smallest absolute Gasteiger partial charge is 0.307 e. The van der Waals surface area contributed by atoms with E-state index in [1.165, 1.54) is 0 Å². The van der Waals surface area contributed by atoms with Gasteiger partial charge in [0.1, 0.15) is 0 Å². The Morgan fingerprint density at radius 2 is 1.48 bits per heavy atom. The van der Waals surface area contributed by atoms with Gasteiger partial charge in [-0.15, -0.1) is 0 Å². The molecular weight excluding hydrogens is 278 g/mol. The van der Waals surface area contributed by atoms with Crippen molar-refractivity contribution in [2.45, 2.75) is 6.42 Å². The first-order chi connectivity index (χ1) is 9.81. The molecule has 2 aliphatic rings. The number of allylic oxidation sites excluding steroid dienone is 2. The summed E-state index contributed by atoms with van der Waals surface area (Å²) in [6.07, 6.45) is 4.22. The first-order valence-electron chi connectivity index (χ1n) is 6.57. The van der Waals surface area contributed by atoms with Crippen molar-refractivity contribution in [1.82, 2.24) is 4.90 Å². The highest BCUT2D eigenvalue weighted by Gasteiger charge is 2.52. The minimum Gasteiger partial charge on any atom is -0.481 e. The van der Waals surface area contributed by atoms with E-state index < -0.39 is 48.6 Å². The van der Waals surface area contributed by atoms with Gasteiger partial charge in [-0.2, -0.15) is 0 Å². The summed E-state index contributed by atoms with van der Waals surface area (Å²) in [5.41, 5.74) is 10.1. The summed E-state index contributed by atoms with van der Waals surface area (Å²) < 4.78 is 0. The molecule has 5 N–H and O–H groups in total. The third-order valence-electron chi connectivity index (χ3n) is 4.03. The number of fused-ring (bicyclic) bond motifs is 2. The quantitative estimate of drug-likeness (QED) is 0.501. The summed E-state index contributed by atoms with van der Waals surface area (Å²) in [5, 5.41) is 9.31. The van der Waals surface area contributed by atoms with Crippen molar-refractivity contribution in [2.75, 3.05) is 13.1 Å². The third-order valence-corrected chi connectivity index (χ3v) is 4.03. The lowest BCUT2D eigenvalue weighted by Crippen LogP contribution is -2.48. The number of nitrogens with zero attached hydrogens (tertiary/aromatic N) is 1. The summed E-state index contributed by atoms with van der Waals surface area (Å²) in [4.78, 5) is 46.9. The summed E-state index contributed by atoms with van der Waals surface area (Å²) in [5.74, 6) is -5.17. The molecule has 1 saturated carbocycles. The average Bonchev–Trinajstić information content (AvgIpc) is 2.95. The lowest BCUT2D eigenvalue weighted by Gasteiger charge is -2.29. The molecule has 0 saturated heterocycles. The van der Waals surface area contributed by atoms with Gasteiger partial charge >= 0.3 is 5.97 Å². The lowest BCUT2D eigenvalue weighted by molar-refractivity contribution is -0.152. The molecule has 2 rings (SSSR count). The molecule has 8 heteroatoms. The number of hydrogen-bond acceptors (Lipinski definition) is 4. The number of hydrogen-bond donors (Lipinski definition) is 3. The zero-order chi connectivity index (χ0) is 15.7. The first-order valence-corrected chi connectivity index (χ1v) is 6.57. The predicted octanol–water partition coefficient (Wildman–Crippen LogP) is -1.69. The molecule has 0 aliphatic heterocycles. The summed E-state index contributed by atoms with van der Waals surface area (Å²) >= 11 is 0. The number of rotatable bonds is 6. The van der Waals surface area contributed by atoms with E-state index in [1.807, 2.05) is 6.08 Å². The van der Waals surface area contributed by atoms with Crippen molar-refractivity contribution in [3.05, 3.63) is 12.2 Å². The molecule has 3 amide bonds. The number of primary amides is 2. The summed E-state index contributed by atoms with van der Waals surface area (Å²) in [6.45, 7) is -0.905. The topological polar surface area (TPSA) is 144 Å². The van der Waals surface area contributed by atoms with Crippen molar-refractivity contribution in [3.8, 4) is 0 Å². The Morgan fingerprint density at radius 3 is 1.90 bits per heavy atom. The number of amides is 3. The largest absolute Gasteiger partial charge is 0.481 e. The third kappa shape index (κ3) is 2.88. The number of nitrogens with two attached hydrogens (primary N) is 2. The van der Waals surface area contributed by atoms with E-state index in [9.17, 15) is 24.3 Å². The van der Waals surface area contributed by atoms with Crippen LogP contribution in [-0.2, 0) is 19.2 Å². The van der Waals surface area contributed by atoms with Crippen molar-refractivity contribution in [3.63, 3.8) is 0 Å². The van der Waals surface area contributed by atoms with Crippen LogP contribution < -0.4 is 11.5 Å². The van der Waals surface area contributed by atoms with E-state index in [2.05, 4.69) is 0 Å². The second-order valence-corrected chi connectivity index (χ2v) is 5.47. The molecule has 8 nitrogen and oxygen atoms in total. The van der Waals surface area contributed by atoms with E-state index in [0.717, 1.165) is 4.90 Å². The Labute approximate surface area is 120 Å². The molecule has 114 valence electrons. The van der Waals surface area contributed by atoms with E-state index in [-0.39, 0.29) is 11.8 Å². The van der Waals surface area contributed by atoms with E-state index >= 15 is 0 Å². The molecular formula is C13H17N3O5. The highest BCUT2D eigenvalue weighted by Crippen LogP contribution is 2.48. The molecule has 2 aliphatic carbocycles. The second kappa shape index (κ2) is 5.55. The molecule has 0 heterocycles. The van der Waals surface area contributed by atoms with E-state index in [1.54, 1.807) is 6.08 Å². The first kappa shape index (κ1) is 15.0. The van der Waals surface area contributed by atoms with Crippen LogP contribution in [0.25, 0.3) is 0 Å². The van der Waals surface area contributed by atoms with Crippen molar-refractivity contribution < 1.29 is 24.3 Å². The SMILES string of the molecule is NC(=O)CN(CC(N)=O)C(=O)[C@H]1C2C=CC(C2)[C@H]1C(=O)O. The van der Waals surface area contributed by atoms with Crippen LogP contribution in [-0.4, -0.2) is 46.8 Å². The number of carbonyl (C=O) groups is 4. The van der Waals surface area contributed by atoms with Gasteiger partial charge in [0.25, 0.3) is 0 Å². The fourth-order valence-electron chi connectivity index (χ4n) is 3.29. The Morgan fingerprint density at radius 1 is 1.00 bits per heavy atom. The summed E-state index contributed by atoms with van der Waals surface area (Å²) in [6, 6.07) is 0. The highest BCUT2D eigenvalue weighted by atomic mass is 16.4. The van der Waals surface area contributed by atoms with Crippen LogP contribution in [0.4, 0.5) is 0 Å². The van der Waals surface area contributed by atoms with Crippen LogP contribution in [0.5, 0.6) is 0 Å². The van der Waals surface area contributed by atoms with Gasteiger partial charge in [-0.1, -0.05) is 12.2 Å². The Balaban J connectivity index is 2.22. The van der Waals surface area contributed by atoms with Crippen LogP contribution in [0, 0.1) is 23.7 Å². The average molecular weight is 295 g/mol. The van der Waals surface area contributed by atoms with Gasteiger partial charge < -0.3 is 21.5 Å². The maximum Gasteiger partial charge on any atom is 0.307 e. The number of aliphatic carboxylic acids is 1. The Hall–Kier alpha value is -2.38. The molecule has 0 spiro atoms. The fourth-order valence-corrected chi connectivity index (χ4v) is 3.29. The molecule has 21 heavy (non-hydrogen) atoms. The van der Waals surface area contributed by atoms with Crippen molar-refractivity contribution in [2.24, 2.45) is 35.1 Å². The normalized spacial score (nSPS) is 29.3. The molecule has 1 fully saturated rings. The van der Waals surface area contributed by atoms with Crippen molar-refractivity contribution in [1.29, 1.82) is 0 Å². The zero-order valence-electron chi connectivity index (χ0n) is 11.3. The van der Waals surface area contributed by atoms with Gasteiger partial charge in [0.2, 0.25) is 17.7 Å². The van der Waals surface area contributed by atoms with Gasteiger partial charge in [0.15, 0.2) is 0 Å². The van der Waals surface area contributed by atoms with Gasteiger partial charge in [-0.3, -0.25) is 19.2 Å². The van der Waals surface area contributed by atoms with Crippen LogP contribution >= 0.6 is 0 Å². The van der Waals surface area contributed by atoms with Crippen LogP contribution in [0.1, 0.15) is 6.42 Å². The van der Waals surface area contributed by atoms with Gasteiger partial charge in [-0.05, 0) is 18.3 Å². The van der Waals surface area contributed by atoms with E-state index in [4.69, 9.17) is 11.5 Å². The maximum absolute atomic E-state index is 12.5. The monoisotopic (exact) mass is 295 g/mol. The van der Waals surface area contributed by atoms with Crippen LogP contribution in [0.2, 0.25) is 0 Å². The van der Waals surface area contributed by atoms with Gasteiger partial charge in [-0.25, -0.2) is 0 Å². The molecule has 0 radical (unpaired) electrons.